The van der Waals surface area contributed by atoms with Crippen molar-refractivity contribution in [3.63, 3.8) is 0 Å². The van der Waals surface area contributed by atoms with Gasteiger partial charge in [-0.2, -0.15) is 0 Å². The van der Waals surface area contributed by atoms with Crippen molar-refractivity contribution in [3.05, 3.63) is 46.7 Å². The Hall–Kier alpha value is -2.18. The standard InChI is InChI=1S/C15H17ClN4O2/c1-10-3-4-12(7-13(10)16)20-14(21)11-8-18-15(19-9-11)17-5-6-22-2/h3-4,7-9H,5-6H2,1-2H3,(H,20,21)(H,17,18,19). The molecule has 0 spiro atoms. The number of rotatable bonds is 6. The van der Waals surface area contributed by atoms with Crippen LogP contribution in [-0.4, -0.2) is 36.1 Å². The first-order valence-electron chi connectivity index (χ1n) is 6.72. The fraction of sp³-hybridized carbons (Fsp3) is 0.267. The van der Waals surface area contributed by atoms with Gasteiger partial charge >= 0.3 is 0 Å². The van der Waals surface area contributed by atoms with E-state index in [1.165, 1.54) is 12.4 Å². The number of amides is 1. The molecule has 0 aliphatic carbocycles. The highest BCUT2D eigenvalue weighted by molar-refractivity contribution is 6.31. The number of aryl methyl sites for hydroxylation is 1. The van der Waals surface area contributed by atoms with Gasteiger partial charge < -0.3 is 15.4 Å². The predicted molar refractivity (Wildman–Crippen MR) is 86.5 cm³/mol. The second-order valence-electron chi connectivity index (χ2n) is 4.63. The van der Waals surface area contributed by atoms with Gasteiger partial charge in [0.2, 0.25) is 5.95 Å². The number of benzene rings is 1. The number of hydrogen-bond donors (Lipinski definition) is 2. The highest BCUT2D eigenvalue weighted by atomic mass is 35.5. The molecule has 7 heteroatoms. The molecule has 2 rings (SSSR count). The molecule has 1 aromatic heterocycles. The summed E-state index contributed by atoms with van der Waals surface area (Å²) >= 11 is 6.03. The predicted octanol–water partition coefficient (Wildman–Crippen LogP) is 2.75. The summed E-state index contributed by atoms with van der Waals surface area (Å²) in [5, 5.41) is 6.34. The Labute approximate surface area is 133 Å². The topological polar surface area (TPSA) is 76.1 Å². The molecule has 2 N–H and O–H groups in total. The Balaban J connectivity index is 1.98. The Morgan fingerprint density at radius 3 is 2.68 bits per heavy atom. The first kappa shape index (κ1) is 16.2. The lowest BCUT2D eigenvalue weighted by Gasteiger charge is -2.07. The van der Waals surface area contributed by atoms with Crippen molar-refractivity contribution in [2.24, 2.45) is 0 Å². The lowest BCUT2D eigenvalue weighted by Crippen LogP contribution is -2.14. The fourth-order valence-electron chi connectivity index (χ4n) is 1.68. The molecular formula is C15H17ClN4O2. The Morgan fingerprint density at radius 1 is 1.32 bits per heavy atom. The largest absolute Gasteiger partial charge is 0.383 e. The SMILES string of the molecule is COCCNc1ncc(C(=O)Nc2ccc(C)c(Cl)c2)cn1. The third kappa shape index (κ3) is 4.41. The van der Waals surface area contributed by atoms with Crippen molar-refractivity contribution in [3.8, 4) is 0 Å². The summed E-state index contributed by atoms with van der Waals surface area (Å²) < 4.78 is 4.92. The maximum Gasteiger partial charge on any atom is 0.258 e. The number of methoxy groups -OCH3 is 1. The normalized spacial score (nSPS) is 10.3. The van der Waals surface area contributed by atoms with Crippen LogP contribution in [0.1, 0.15) is 15.9 Å². The second-order valence-corrected chi connectivity index (χ2v) is 5.04. The van der Waals surface area contributed by atoms with E-state index in [9.17, 15) is 4.79 Å². The van der Waals surface area contributed by atoms with Crippen molar-refractivity contribution in [2.45, 2.75) is 6.92 Å². The van der Waals surface area contributed by atoms with Crippen molar-refractivity contribution < 1.29 is 9.53 Å². The highest BCUT2D eigenvalue weighted by Gasteiger charge is 2.08. The molecule has 116 valence electrons. The number of carbonyl (C=O) groups is 1. The number of halogens is 1. The first-order chi connectivity index (χ1) is 10.6. The maximum absolute atomic E-state index is 12.1. The molecule has 0 aliphatic rings. The summed E-state index contributed by atoms with van der Waals surface area (Å²) in [5.74, 6) is 0.162. The van der Waals surface area contributed by atoms with Crippen molar-refractivity contribution >= 4 is 29.1 Å². The molecule has 6 nitrogen and oxygen atoms in total. The lowest BCUT2D eigenvalue weighted by molar-refractivity contribution is 0.102. The number of nitrogens with one attached hydrogen (secondary N) is 2. The minimum Gasteiger partial charge on any atom is -0.383 e. The van der Waals surface area contributed by atoms with Gasteiger partial charge in [-0.15, -0.1) is 0 Å². The molecule has 0 unspecified atom stereocenters. The second kappa shape index (κ2) is 7.72. The van der Waals surface area contributed by atoms with Gasteiger partial charge in [-0.25, -0.2) is 9.97 Å². The van der Waals surface area contributed by atoms with E-state index >= 15 is 0 Å². The quantitative estimate of drug-likeness (QED) is 0.800. The maximum atomic E-state index is 12.1. The van der Waals surface area contributed by atoms with Crippen LogP contribution in [0, 0.1) is 6.92 Å². The molecule has 0 saturated carbocycles. The third-order valence-electron chi connectivity index (χ3n) is 2.93. The van der Waals surface area contributed by atoms with E-state index in [0.29, 0.717) is 35.4 Å². The molecule has 0 aliphatic heterocycles. The molecule has 0 radical (unpaired) electrons. The van der Waals surface area contributed by atoms with Crippen LogP contribution in [0.3, 0.4) is 0 Å². The monoisotopic (exact) mass is 320 g/mol. The van der Waals surface area contributed by atoms with Gasteiger partial charge in [-0.3, -0.25) is 4.79 Å². The Kier molecular flexibility index (Phi) is 5.68. The van der Waals surface area contributed by atoms with Crippen LogP contribution in [0.2, 0.25) is 5.02 Å². The summed E-state index contributed by atoms with van der Waals surface area (Å²) in [6, 6.07) is 5.34. The summed E-state index contributed by atoms with van der Waals surface area (Å²) in [6.45, 7) is 3.06. The van der Waals surface area contributed by atoms with E-state index in [1.54, 1.807) is 19.2 Å². The van der Waals surface area contributed by atoms with Crippen molar-refractivity contribution in [1.29, 1.82) is 0 Å². The number of aromatic nitrogens is 2. The molecule has 2 aromatic rings. The van der Waals surface area contributed by atoms with Crippen LogP contribution in [0.5, 0.6) is 0 Å². The Morgan fingerprint density at radius 2 is 2.05 bits per heavy atom. The zero-order chi connectivity index (χ0) is 15.9. The zero-order valence-electron chi connectivity index (χ0n) is 12.4. The van der Waals surface area contributed by atoms with E-state index in [-0.39, 0.29) is 5.91 Å². The highest BCUT2D eigenvalue weighted by Crippen LogP contribution is 2.20. The van der Waals surface area contributed by atoms with Crippen LogP contribution in [-0.2, 0) is 4.74 Å². The van der Waals surface area contributed by atoms with Crippen LogP contribution in [0.15, 0.2) is 30.6 Å². The van der Waals surface area contributed by atoms with Crippen LogP contribution < -0.4 is 10.6 Å². The van der Waals surface area contributed by atoms with Gasteiger partial charge in [-0.1, -0.05) is 17.7 Å². The van der Waals surface area contributed by atoms with E-state index in [4.69, 9.17) is 16.3 Å². The minimum absolute atomic E-state index is 0.289. The number of carbonyl (C=O) groups excluding carboxylic acids is 1. The van der Waals surface area contributed by atoms with Crippen molar-refractivity contribution in [1.82, 2.24) is 9.97 Å². The summed E-state index contributed by atoms with van der Waals surface area (Å²) in [7, 11) is 1.62. The minimum atomic E-state index is -0.289. The molecule has 0 bridgehead atoms. The average Bonchev–Trinajstić information content (AvgIpc) is 2.52. The molecular weight excluding hydrogens is 304 g/mol. The number of hydrogen-bond acceptors (Lipinski definition) is 5. The molecule has 0 saturated heterocycles. The third-order valence-corrected chi connectivity index (χ3v) is 3.34. The smallest absolute Gasteiger partial charge is 0.258 e. The van der Waals surface area contributed by atoms with Gasteiger partial charge in [0, 0.05) is 36.8 Å². The van der Waals surface area contributed by atoms with Crippen LogP contribution >= 0.6 is 11.6 Å². The molecule has 22 heavy (non-hydrogen) atoms. The van der Waals surface area contributed by atoms with E-state index < -0.39 is 0 Å². The summed E-state index contributed by atoms with van der Waals surface area (Å²) in [6.07, 6.45) is 2.93. The zero-order valence-corrected chi connectivity index (χ0v) is 13.1. The first-order valence-corrected chi connectivity index (χ1v) is 7.10. The van der Waals surface area contributed by atoms with E-state index in [1.807, 2.05) is 13.0 Å². The number of anilines is 2. The van der Waals surface area contributed by atoms with Gasteiger partial charge in [0.15, 0.2) is 0 Å². The van der Waals surface area contributed by atoms with Crippen LogP contribution in [0.25, 0.3) is 0 Å². The van der Waals surface area contributed by atoms with E-state index in [2.05, 4.69) is 20.6 Å². The van der Waals surface area contributed by atoms with Crippen molar-refractivity contribution in [2.75, 3.05) is 30.9 Å². The fourth-order valence-corrected chi connectivity index (χ4v) is 1.86. The Bertz CT molecular complexity index is 646. The van der Waals surface area contributed by atoms with Crippen LogP contribution in [0.4, 0.5) is 11.6 Å². The average molecular weight is 321 g/mol. The lowest BCUT2D eigenvalue weighted by atomic mass is 10.2. The molecule has 0 fully saturated rings. The molecule has 1 heterocycles. The van der Waals surface area contributed by atoms with Gasteiger partial charge in [0.25, 0.3) is 5.91 Å². The number of nitrogens with zero attached hydrogens (tertiary/aromatic N) is 2. The molecule has 0 atom stereocenters. The molecule has 1 aromatic carbocycles. The molecule has 1 amide bonds. The van der Waals surface area contributed by atoms with Gasteiger partial charge in [0.1, 0.15) is 0 Å². The summed E-state index contributed by atoms with van der Waals surface area (Å²) in [5.41, 5.74) is 1.95. The van der Waals surface area contributed by atoms with Gasteiger partial charge in [-0.05, 0) is 24.6 Å². The van der Waals surface area contributed by atoms with E-state index in [0.717, 1.165) is 5.56 Å². The number of ether oxygens (including phenoxy) is 1. The van der Waals surface area contributed by atoms with Gasteiger partial charge in [0.05, 0.1) is 12.2 Å². The summed E-state index contributed by atoms with van der Waals surface area (Å²) in [4.78, 5) is 20.3.